The van der Waals surface area contributed by atoms with Crippen molar-refractivity contribution in [2.24, 2.45) is 0 Å². The molecule has 2 aromatic rings. The fourth-order valence-corrected chi connectivity index (χ4v) is 5.72. The summed E-state index contributed by atoms with van der Waals surface area (Å²) in [6, 6.07) is 0.246. The number of ether oxygens (including phenoxy) is 1. The van der Waals surface area contributed by atoms with E-state index in [9.17, 15) is 13.2 Å². The van der Waals surface area contributed by atoms with Gasteiger partial charge in [-0.1, -0.05) is 33.6 Å². The van der Waals surface area contributed by atoms with Crippen LogP contribution in [0.2, 0.25) is 0 Å². The van der Waals surface area contributed by atoms with Gasteiger partial charge in [-0.25, -0.2) is 13.4 Å². The minimum atomic E-state index is -3.86. The molecule has 0 bridgehead atoms. The van der Waals surface area contributed by atoms with Gasteiger partial charge < -0.3 is 4.74 Å². The number of hydrogen-bond acceptors (Lipinski definition) is 7. The largest absolute Gasteiger partial charge is 0.466 e. The summed E-state index contributed by atoms with van der Waals surface area (Å²) in [6.45, 7) is 7.89. The van der Waals surface area contributed by atoms with Crippen molar-refractivity contribution in [1.29, 1.82) is 0 Å². The summed E-state index contributed by atoms with van der Waals surface area (Å²) in [5.41, 5.74) is 0.593. The lowest BCUT2D eigenvalue weighted by molar-refractivity contribution is -0.142. The lowest BCUT2D eigenvalue weighted by atomic mass is 9.92. The summed E-state index contributed by atoms with van der Waals surface area (Å²) >= 11 is 1.14. The zero-order valence-electron chi connectivity index (χ0n) is 17.3. The molecule has 2 heterocycles. The lowest BCUT2D eigenvalue weighted by Crippen LogP contribution is -2.20. The lowest BCUT2D eigenvalue weighted by Gasteiger charge is -2.17. The van der Waals surface area contributed by atoms with Gasteiger partial charge in [-0.2, -0.15) is 5.10 Å². The molecule has 1 fully saturated rings. The highest BCUT2D eigenvalue weighted by molar-refractivity contribution is 7.93. The third-order valence-electron chi connectivity index (χ3n) is 4.80. The number of sulfonamides is 1. The van der Waals surface area contributed by atoms with Gasteiger partial charge in [0.15, 0.2) is 5.13 Å². The minimum Gasteiger partial charge on any atom is -0.466 e. The number of aromatic nitrogens is 3. The van der Waals surface area contributed by atoms with Crippen LogP contribution in [0.3, 0.4) is 0 Å². The predicted molar refractivity (Wildman–Crippen MR) is 112 cm³/mol. The Bertz CT molecular complexity index is 967. The van der Waals surface area contributed by atoms with Crippen LogP contribution < -0.4 is 4.72 Å². The number of rotatable bonds is 7. The van der Waals surface area contributed by atoms with Crippen molar-refractivity contribution in [3.8, 4) is 0 Å². The number of thiazole rings is 1. The number of anilines is 1. The molecular formula is C19H28N4O4S2. The number of carbonyl (C=O) groups is 1. The van der Waals surface area contributed by atoms with Crippen LogP contribution in [-0.4, -0.2) is 35.8 Å². The third-order valence-corrected chi connectivity index (χ3v) is 7.08. The molecule has 0 unspecified atom stereocenters. The molecule has 160 valence electrons. The maximum absolute atomic E-state index is 13.1. The van der Waals surface area contributed by atoms with Gasteiger partial charge >= 0.3 is 5.97 Å². The highest BCUT2D eigenvalue weighted by Gasteiger charge is 2.32. The van der Waals surface area contributed by atoms with Crippen molar-refractivity contribution in [3.05, 3.63) is 23.0 Å². The summed E-state index contributed by atoms with van der Waals surface area (Å²) < 4.78 is 35.6. The van der Waals surface area contributed by atoms with Gasteiger partial charge in [0, 0.05) is 17.0 Å². The van der Waals surface area contributed by atoms with E-state index in [1.165, 1.54) is 0 Å². The zero-order valence-corrected chi connectivity index (χ0v) is 18.9. The maximum Gasteiger partial charge on any atom is 0.311 e. The van der Waals surface area contributed by atoms with Gasteiger partial charge in [0.1, 0.15) is 4.90 Å². The molecule has 0 atom stereocenters. The van der Waals surface area contributed by atoms with Crippen LogP contribution in [0.1, 0.15) is 70.8 Å². The maximum atomic E-state index is 13.1. The number of nitrogens with one attached hydrogen (secondary N) is 1. The Hall–Kier alpha value is -1.94. The summed E-state index contributed by atoms with van der Waals surface area (Å²) in [5, 5.41) is 6.53. The van der Waals surface area contributed by atoms with E-state index < -0.39 is 15.4 Å². The van der Waals surface area contributed by atoms with Gasteiger partial charge in [-0.3, -0.25) is 14.2 Å². The second kappa shape index (κ2) is 8.43. The summed E-state index contributed by atoms with van der Waals surface area (Å²) in [4.78, 5) is 16.0. The highest BCUT2D eigenvalue weighted by Crippen LogP contribution is 2.34. The summed E-state index contributed by atoms with van der Waals surface area (Å²) in [5.74, 6) is -0.389. The summed E-state index contributed by atoms with van der Waals surface area (Å²) in [6.07, 6.45) is 5.96. The van der Waals surface area contributed by atoms with Crippen molar-refractivity contribution in [1.82, 2.24) is 14.8 Å². The first kappa shape index (κ1) is 21.8. The van der Waals surface area contributed by atoms with Crippen LogP contribution >= 0.6 is 11.3 Å². The number of nitrogens with zero attached hydrogens (tertiary/aromatic N) is 3. The molecule has 10 heteroatoms. The minimum absolute atomic E-state index is 0.0128. The van der Waals surface area contributed by atoms with Crippen LogP contribution in [0.4, 0.5) is 5.13 Å². The predicted octanol–water partition coefficient (Wildman–Crippen LogP) is 3.66. The van der Waals surface area contributed by atoms with E-state index in [2.05, 4.69) is 14.8 Å². The third kappa shape index (κ3) is 5.16. The van der Waals surface area contributed by atoms with Crippen LogP contribution in [0.25, 0.3) is 0 Å². The Morgan fingerprint density at radius 1 is 1.34 bits per heavy atom. The van der Waals surface area contributed by atoms with E-state index in [1.54, 1.807) is 18.5 Å². The quantitative estimate of drug-likeness (QED) is 0.659. The second-order valence-corrected chi connectivity index (χ2v) is 10.8. The monoisotopic (exact) mass is 440 g/mol. The molecule has 0 saturated heterocycles. The Morgan fingerprint density at radius 3 is 2.66 bits per heavy atom. The molecule has 29 heavy (non-hydrogen) atoms. The first-order chi connectivity index (χ1) is 13.6. The van der Waals surface area contributed by atoms with E-state index in [4.69, 9.17) is 4.74 Å². The van der Waals surface area contributed by atoms with Crippen LogP contribution in [0.5, 0.6) is 0 Å². The normalized spacial score (nSPS) is 15.6. The van der Waals surface area contributed by atoms with Gasteiger partial charge in [0.2, 0.25) is 0 Å². The van der Waals surface area contributed by atoms with Gasteiger partial charge in [-0.15, -0.1) is 11.3 Å². The average Bonchev–Trinajstić information content (AvgIpc) is 3.34. The van der Waals surface area contributed by atoms with Gasteiger partial charge in [0.25, 0.3) is 10.0 Å². The Balaban J connectivity index is 1.85. The van der Waals surface area contributed by atoms with Crippen LogP contribution in [-0.2, 0) is 31.4 Å². The van der Waals surface area contributed by atoms with Crippen LogP contribution in [0, 0.1) is 0 Å². The highest BCUT2D eigenvalue weighted by atomic mass is 32.2. The average molecular weight is 441 g/mol. The van der Waals surface area contributed by atoms with Crippen molar-refractivity contribution >= 4 is 32.5 Å². The first-order valence-corrected chi connectivity index (χ1v) is 12.2. The van der Waals surface area contributed by atoms with Crippen molar-refractivity contribution in [3.63, 3.8) is 0 Å². The van der Waals surface area contributed by atoms with Gasteiger partial charge in [-0.05, 0) is 19.8 Å². The molecule has 1 aliphatic carbocycles. The van der Waals surface area contributed by atoms with Crippen molar-refractivity contribution < 1.29 is 17.9 Å². The van der Waals surface area contributed by atoms with E-state index >= 15 is 0 Å². The number of esters is 1. The molecule has 3 rings (SSSR count). The SMILES string of the molecule is CCOC(=O)Cc1csc(NS(=O)(=O)c2cn(C3CCCC3)nc2C(C)(C)C)n1. The molecule has 0 amide bonds. The van der Waals surface area contributed by atoms with E-state index in [-0.39, 0.29) is 28.5 Å². The Kier molecular flexibility index (Phi) is 6.33. The number of hydrogen-bond donors (Lipinski definition) is 1. The molecule has 2 aromatic heterocycles. The van der Waals surface area contributed by atoms with Crippen LogP contribution in [0.15, 0.2) is 16.5 Å². The summed E-state index contributed by atoms with van der Waals surface area (Å²) in [7, 11) is -3.86. The fourth-order valence-electron chi connectivity index (χ4n) is 3.41. The second-order valence-electron chi connectivity index (χ2n) is 8.24. The standard InChI is InChI=1S/C19H28N4O4S2/c1-5-27-16(24)10-13-12-28-18(20-13)22-29(25,26)15-11-23(14-8-6-7-9-14)21-17(15)19(2,3)4/h11-12,14H,5-10H2,1-4H3,(H,20,22). The Labute approximate surface area is 175 Å². The molecule has 1 aliphatic rings. The molecule has 8 nitrogen and oxygen atoms in total. The molecular weight excluding hydrogens is 412 g/mol. The Morgan fingerprint density at radius 2 is 2.03 bits per heavy atom. The van der Waals surface area contributed by atoms with Gasteiger partial charge in [0.05, 0.1) is 30.5 Å². The molecule has 1 saturated carbocycles. The van der Waals surface area contributed by atoms with E-state index in [0.29, 0.717) is 18.0 Å². The topological polar surface area (TPSA) is 103 Å². The van der Waals surface area contributed by atoms with E-state index in [0.717, 1.165) is 37.0 Å². The molecule has 0 radical (unpaired) electrons. The first-order valence-electron chi connectivity index (χ1n) is 9.82. The molecule has 0 aliphatic heterocycles. The smallest absolute Gasteiger partial charge is 0.311 e. The molecule has 1 N–H and O–H groups in total. The number of carbonyl (C=O) groups excluding carboxylic acids is 1. The van der Waals surface area contributed by atoms with Crippen molar-refractivity contribution in [2.75, 3.05) is 11.3 Å². The molecule has 0 aromatic carbocycles. The molecule has 0 spiro atoms. The fraction of sp³-hybridized carbons (Fsp3) is 0.632. The zero-order chi connectivity index (χ0) is 21.2. The van der Waals surface area contributed by atoms with Crippen molar-refractivity contribution in [2.45, 2.75) is 76.2 Å². The van der Waals surface area contributed by atoms with E-state index in [1.807, 2.05) is 25.5 Å².